The van der Waals surface area contributed by atoms with Crippen LogP contribution in [0.2, 0.25) is 0 Å². The molecule has 252 valence electrons. The van der Waals surface area contributed by atoms with Gasteiger partial charge in [0, 0.05) is 28.7 Å². The molecule has 0 saturated carbocycles. The number of aliphatic hydroxyl groups excluding tert-OH is 1. The second kappa shape index (κ2) is 15.5. The quantitative estimate of drug-likeness (QED) is 0.114. The molecule has 5 aromatic carbocycles. The van der Waals surface area contributed by atoms with E-state index < -0.39 is 22.3 Å². The zero-order chi connectivity index (χ0) is 34.4. The zero-order valence-electron chi connectivity index (χ0n) is 26.8. The lowest BCUT2D eigenvalue weighted by Gasteiger charge is -2.41. The van der Waals surface area contributed by atoms with Crippen molar-refractivity contribution < 1.29 is 32.9 Å². The third kappa shape index (κ3) is 8.48. The van der Waals surface area contributed by atoms with Gasteiger partial charge in [0.15, 0.2) is 6.29 Å². The van der Waals surface area contributed by atoms with Crippen molar-refractivity contribution in [2.45, 2.75) is 48.4 Å². The number of hydrogen-bond acceptors (Lipinski definition) is 7. The van der Waals surface area contributed by atoms with E-state index in [1.54, 1.807) is 54.2 Å². The Morgan fingerprint density at radius 3 is 2.16 bits per heavy atom. The molecule has 1 aliphatic rings. The second-order valence-electron chi connectivity index (χ2n) is 11.9. The number of carboxylic acid groups (broad SMARTS) is 1. The third-order valence-electron chi connectivity index (χ3n) is 8.58. The van der Waals surface area contributed by atoms with E-state index in [9.17, 15) is 23.4 Å². The van der Waals surface area contributed by atoms with Crippen LogP contribution in [0.5, 0.6) is 0 Å². The lowest BCUT2D eigenvalue weighted by atomic mass is 9.91. The van der Waals surface area contributed by atoms with Crippen molar-refractivity contribution in [2.75, 3.05) is 5.75 Å². The van der Waals surface area contributed by atoms with Crippen molar-refractivity contribution in [3.8, 4) is 11.1 Å². The summed E-state index contributed by atoms with van der Waals surface area (Å²) in [6, 6.07) is 38.6. The molecule has 6 rings (SSSR count). The van der Waals surface area contributed by atoms with Crippen molar-refractivity contribution in [2.24, 2.45) is 5.92 Å². The Balaban J connectivity index is 1.23. The van der Waals surface area contributed by atoms with Crippen LogP contribution >= 0.6 is 11.8 Å². The molecule has 4 atom stereocenters. The predicted octanol–water partition coefficient (Wildman–Crippen LogP) is 7.61. The van der Waals surface area contributed by atoms with Crippen LogP contribution in [0.25, 0.3) is 11.1 Å². The van der Waals surface area contributed by atoms with Gasteiger partial charge >= 0.3 is 5.97 Å². The van der Waals surface area contributed by atoms with E-state index in [1.807, 2.05) is 84.9 Å². The van der Waals surface area contributed by atoms with Gasteiger partial charge in [-0.2, -0.15) is 0 Å². The zero-order valence-corrected chi connectivity index (χ0v) is 28.4. The van der Waals surface area contributed by atoms with Crippen LogP contribution in [0.4, 0.5) is 0 Å². The summed E-state index contributed by atoms with van der Waals surface area (Å²) >= 11 is 1.60. The number of rotatable bonds is 12. The molecular formula is C39H37NO7S2. The summed E-state index contributed by atoms with van der Waals surface area (Å²) in [7, 11) is -3.65. The first-order valence-corrected chi connectivity index (χ1v) is 18.4. The minimum atomic E-state index is -3.65. The van der Waals surface area contributed by atoms with E-state index in [-0.39, 0.29) is 41.7 Å². The third-order valence-corrected chi connectivity index (χ3v) is 11.1. The highest BCUT2D eigenvalue weighted by Crippen LogP contribution is 2.43. The number of aromatic carboxylic acids is 1. The first kappa shape index (κ1) is 34.6. The maximum atomic E-state index is 12.8. The lowest BCUT2D eigenvalue weighted by molar-refractivity contribution is -0.268. The minimum absolute atomic E-state index is 0.0125. The molecule has 1 saturated heterocycles. The van der Waals surface area contributed by atoms with Gasteiger partial charge in [-0.1, -0.05) is 85.8 Å². The normalized spacial score (nSPS) is 19.4. The molecule has 0 aromatic heterocycles. The molecule has 10 heteroatoms. The topological polar surface area (TPSA) is 122 Å². The summed E-state index contributed by atoms with van der Waals surface area (Å²) in [4.78, 5) is 12.5. The van der Waals surface area contributed by atoms with Gasteiger partial charge in [0.1, 0.15) is 0 Å². The van der Waals surface area contributed by atoms with E-state index in [4.69, 9.17) is 9.47 Å². The Morgan fingerprint density at radius 2 is 1.47 bits per heavy atom. The van der Waals surface area contributed by atoms with E-state index in [0.29, 0.717) is 5.75 Å². The highest BCUT2D eigenvalue weighted by molar-refractivity contribution is 7.99. The fourth-order valence-corrected chi connectivity index (χ4v) is 7.88. The Bertz CT molecular complexity index is 1980. The molecular weight excluding hydrogens is 659 g/mol. The molecule has 0 bridgehead atoms. The summed E-state index contributed by atoms with van der Waals surface area (Å²) in [5.74, 6) is -0.349. The fourth-order valence-electron chi connectivity index (χ4n) is 5.77. The molecule has 1 heterocycles. The summed E-state index contributed by atoms with van der Waals surface area (Å²) < 4.78 is 41.6. The molecule has 1 aliphatic heterocycles. The van der Waals surface area contributed by atoms with Crippen LogP contribution in [0.3, 0.4) is 0 Å². The lowest BCUT2D eigenvalue weighted by Crippen LogP contribution is -2.38. The Labute approximate surface area is 290 Å². The molecule has 0 radical (unpaired) electrons. The SMILES string of the molecule is C[C@H]1[C@@H](CSc2ccc(C(=O)O)cc2)O[C@@H](c2cccc(-c3cccc(CNS(=O)(=O)c4ccccc4)c3)c2)O[C@H]1c1ccc(CO)cc1. The molecule has 1 fully saturated rings. The van der Waals surface area contributed by atoms with E-state index in [2.05, 4.69) is 11.6 Å². The number of carboxylic acids is 1. The van der Waals surface area contributed by atoms with E-state index >= 15 is 0 Å². The van der Waals surface area contributed by atoms with E-state index in [0.717, 1.165) is 38.3 Å². The maximum absolute atomic E-state index is 12.8. The van der Waals surface area contributed by atoms with Gasteiger partial charge in [-0.3, -0.25) is 0 Å². The minimum Gasteiger partial charge on any atom is -0.478 e. The monoisotopic (exact) mass is 695 g/mol. The second-order valence-corrected chi connectivity index (χ2v) is 14.8. The smallest absolute Gasteiger partial charge is 0.335 e. The Hall–Kier alpha value is -4.29. The van der Waals surface area contributed by atoms with Crippen molar-refractivity contribution >= 4 is 27.8 Å². The molecule has 8 nitrogen and oxygen atoms in total. The number of nitrogens with one attached hydrogen (secondary N) is 1. The van der Waals surface area contributed by atoms with E-state index in [1.165, 1.54) is 0 Å². The number of benzene rings is 5. The highest BCUT2D eigenvalue weighted by atomic mass is 32.2. The number of thioether (sulfide) groups is 1. The molecule has 5 aromatic rings. The Morgan fingerprint density at radius 1 is 0.776 bits per heavy atom. The summed E-state index contributed by atoms with van der Waals surface area (Å²) in [5.41, 5.74) is 5.57. The summed E-state index contributed by atoms with van der Waals surface area (Å²) in [6.45, 7) is 2.21. The van der Waals surface area contributed by atoms with Gasteiger partial charge in [-0.15, -0.1) is 11.8 Å². The molecule has 0 aliphatic carbocycles. The fraction of sp³-hybridized carbons (Fsp3) is 0.205. The van der Waals surface area contributed by atoms with Crippen molar-refractivity contribution in [3.05, 3.63) is 155 Å². The average molecular weight is 696 g/mol. The van der Waals surface area contributed by atoms with Crippen LogP contribution in [-0.2, 0) is 32.6 Å². The van der Waals surface area contributed by atoms with Crippen molar-refractivity contribution in [3.63, 3.8) is 0 Å². The Kier molecular flexibility index (Phi) is 10.9. The molecule has 49 heavy (non-hydrogen) atoms. The van der Waals surface area contributed by atoms with Crippen LogP contribution in [0, 0.1) is 5.92 Å². The molecule has 0 spiro atoms. The number of ether oxygens (including phenoxy) is 2. The largest absolute Gasteiger partial charge is 0.478 e. The highest BCUT2D eigenvalue weighted by Gasteiger charge is 2.38. The molecule has 3 N–H and O–H groups in total. The number of aliphatic hydroxyl groups is 1. The van der Waals surface area contributed by atoms with Gasteiger partial charge in [0.25, 0.3) is 0 Å². The molecule has 0 amide bonds. The first-order valence-electron chi connectivity index (χ1n) is 15.9. The van der Waals surface area contributed by atoms with Crippen LogP contribution in [-0.4, -0.2) is 36.5 Å². The first-order chi connectivity index (χ1) is 23.7. The van der Waals surface area contributed by atoms with Crippen LogP contribution in [0.15, 0.2) is 137 Å². The number of sulfonamides is 1. The maximum Gasteiger partial charge on any atom is 0.335 e. The van der Waals surface area contributed by atoms with Crippen molar-refractivity contribution in [1.82, 2.24) is 4.72 Å². The van der Waals surface area contributed by atoms with Gasteiger partial charge in [-0.25, -0.2) is 17.9 Å². The van der Waals surface area contributed by atoms with Crippen LogP contribution < -0.4 is 4.72 Å². The van der Waals surface area contributed by atoms with Gasteiger partial charge < -0.3 is 19.7 Å². The number of carbonyl (C=O) groups is 1. The standard InChI is InChI=1S/C39H37NO7S2/c1-26-36(25-48-34-19-17-30(18-20-34)38(42)43)46-39(47-37(26)29-15-13-27(24-41)14-16-29)33-10-6-9-32(22-33)31-8-5-7-28(21-31)23-40-49(44,45)35-11-3-2-4-12-35/h2-22,26,36-37,39-41H,23-25H2,1H3,(H,42,43)/t26-,36+,37+,39+/m0/s1. The van der Waals surface area contributed by atoms with Crippen molar-refractivity contribution in [1.29, 1.82) is 0 Å². The molecule has 0 unspecified atom stereocenters. The average Bonchev–Trinajstić information content (AvgIpc) is 3.14. The van der Waals surface area contributed by atoms with Crippen LogP contribution in [0.1, 0.15) is 51.9 Å². The van der Waals surface area contributed by atoms with Gasteiger partial charge in [-0.05, 0) is 76.3 Å². The van der Waals surface area contributed by atoms with Gasteiger partial charge in [0.05, 0.1) is 29.3 Å². The van der Waals surface area contributed by atoms with Gasteiger partial charge in [0.2, 0.25) is 10.0 Å². The summed E-state index contributed by atoms with van der Waals surface area (Å²) in [5, 5.41) is 18.9. The predicted molar refractivity (Wildman–Crippen MR) is 189 cm³/mol. The summed E-state index contributed by atoms with van der Waals surface area (Å²) in [6.07, 6.45) is -1.15. The number of hydrogen-bond donors (Lipinski definition) is 3.